The molecule has 4 heteroatoms. The highest BCUT2D eigenvalue weighted by atomic mass is 16.5. The van der Waals surface area contributed by atoms with Crippen LogP contribution in [0.5, 0.6) is 0 Å². The highest BCUT2D eigenvalue weighted by Gasteiger charge is 1.88. The number of carbonyl (C=O) groups excluding carboxylic acids is 1. The molecule has 0 spiro atoms. The molecule has 0 fully saturated rings. The summed E-state index contributed by atoms with van der Waals surface area (Å²) in [6.07, 6.45) is 1.74. The lowest BCUT2D eigenvalue weighted by molar-refractivity contribution is 0.111. The Labute approximate surface area is 39.1 Å². The first-order chi connectivity index (χ1) is 3.43. The van der Waals surface area contributed by atoms with Crippen molar-refractivity contribution < 1.29 is 9.32 Å². The molecule has 0 aliphatic heterocycles. The van der Waals surface area contributed by atoms with E-state index in [4.69, 9.17) is 0 Å². The van der Waals surface area contributed by atoms with Gasteiger partial charge in [0.05, 0.1) is 0 Å². The van der Waals surface area contributed by atoms with Gasteiger partial charge < -0.3 is 4.52 Å². The van der Waals surface area contributed by atoms with E-state index in [2.05, 4.69) is 14.9 Å². The molecule has 1 aromatic heterocycles. The molecule has 4 nitrogen and oxygen atoms in total. The third-order valence-corrected chi connectivity index (χ3v) is 0.498. The van der Waals surface area contributed by atoms with E-state index in [1.54, 1.807) is 0 Å². The molecule has 1 heterocycles. The maximum atomic E-state index is 9.71. The molecule has 0 aliphatic carbocycles. The van der Waals surface area contributed by atoms with Gasteiger partial charge in [-0.15, -0.1) is 5.10 Å². The van der Waals surface area contributed by atoms with Gasteiger partial charge in [-0.05, 0) is 0 Å². The molecule has 0 bridgehead atoms. The first-order valence-electron chi connectivity index (χ1n) is 1.65. The molecule has 7 heavy (non-hydrogen) atoms. The molecule has 1 aromatic rings. The fraction of sp³-hybridized carbons (Fsp3) is 0. The molecule has 0 amide bonds. The van der Waals surface area contributed by atoms with Crippen molar-refractivity contribution in [2.24, 2.45) is 0 Å². The third kappa shape index (κ3) is 0.623. The van der Waals surface area contributed by atoms with Gasteiger partial charge >= 0.3 is 0 Å². The second kappa shape index (κ2) is 1.51. The van der Waals surface area contributed by atoms with E-state index in [9.17, 15) is 4.79 Å². The minimum atomic E-state index is 0.222. The zero-order chi connectivity index (χ0) is 5.11. The summed E-state index contributed by atoms with van der Waals surface area (Å²) in [6.45, 7) is 0. The predicted molar refractivity (Wildman–Crippen MR) is 19.7 cm³/mol. The number of nitrogens with zero attached hydrogens (tertiary/aromatic N) is 2. The van der Waals surface area contributed by atoms with Crippen LogP contribution in [0.3, 0.4) is 0 Å². The Kier molecular flexibility index (Phi) is 0.856. The van der Waals surface area contributed by atoms with E-state index in [1.165, 1.54) is 6.26 Å². The average molecular weight is 98.1 g/mol. The summed E-state index contributed by atoms with van der Waals surface area (Å²) < 4.78 is 4.21. The second-order valence-corrected chi connectivity index (χ2v) is 0.948. The van der Waals surface area contributed by atoms with Crippen LogP contribution in [0.4, 0.5) is 0 Å². The van der Waals surface area contributed by atoms with Gasteiger partial charge in [0.15, 0.2) is 18.2 Å². The van der Waals surface area contributed by atoms with Crippen LogP contribution in [0.2, 0.25) is 0 Å². The number of carbonyl (C=O) groups is 1. The molecule has 36 valence electrons. The van der Waals surface area contributed by atoms with Gasteiger partial charge in [0.1, 0.15) is 0 Å². The first-order valence-corrected chi connectivity index (χ1v) is 1.65. The molecular formula is C3H2N2O2. The number of hydrogen-bond donors (Lipinski definition) is 0. The lowest BCUT2D eigenvalue weighted by Gasteiger charge is -1.59. The van der Waals surface area contributed by atoms with Gasteiger partial charge in [-0.1, -0.05) is 0 Å². The van der Waals surface area contributed by atoms with Crippen LogP contribution in [0.25, 0.3) is 0 Å². The lowest BCUT2D eigenvalue weighted by Crippen LogP contribution is -1.75. The van der Waals surface area contributed by atoms with Crippen LogP contribution in [-0.2, 0) is 0 Å². The summed E-state index contributed by atoms with van der Waals surface area (Å²) in [7, 11) is 0. The van der Waals surface area contributed by atoms with Crippen LogP contribution in [-0.4, -0.2) is 16.7 Å². The maximum Gasteiger partial charge on any atom is 0.173 e. The number of hydrogen-bond acceptors (Lipinski definition) is 4. The van der Waals surface area contributed by atoms with E-state index in [1.807, 2.05) is 0 Å². The molecule has 0 atom stereocenters. The monoisotopic (exact) mass is 98.0 g/mol. The Balaban J connectivity index is 2.96. The molecule has 1 rings (SSSR count). The van der Waals surface area contributed by atoms with E-state index in [0.29, 0.717) is 6.29 Å². The van der Waals surface area contributed by atoms with Crippen molar-refractivity contribution in [3.8, 4) is 0 Å². The Morgan fingerprint density at radius 3 is 3.00 bits per heavy atom. The van der Waals surface area contributed by atoms with E-state index in [0.717, 1.165) is 0 Å². The van der Waals surface area contributed by atoms with Crippen molar-refractivity contribution in [3.63, 3.8) is 0 Å². The quantitative estimate of drug-likeness (QED) is 0.459. The molecule has 0 radical (unpaired) electrons. The largest absolute Gasteiger partial charge is 0.345 e. The highest BCUT2D eigenvalue weighted by Crippen LogP contribution is 1.81. The predicted octanol–water partition coefficient (Wildman–Crippen LogP) is -0.118. The number of aromatic nitrogens is 2. The van der Waals surface area contributed by atoms with Gasteiger partial charge in [-0.25, -0.2) is 0 Å². The molecule has 0 N–H and O–H groups in total. The van der Waals surface area contributed by atoms with Gasteiger partial charge in [0.2, 0.25) is 0 Å². The third-order valence-electron chi connectivity index (χ3n) is 0.498. The van der Waals surface area contributed by atoms with Crippen molar-refractivity contribution in [2.45, 2.75) is 0 Å². The highest BCUT2D eigenvalue weighted by molar-refractivity contribution is 5.70. The summed E-state index contributed by atoms with van der Waals surface area (Å²) in [5.74, 6) is 0. The van der Waals surface area contributed by atoms with Gasteiger partial charge in [-0.2, -0.15) is 0 Å². The van der Waals surface area contributed by atoms with E-state index >= 15 is 0 Å². The van der Waals surface area contributed by atoms with Crippen molar-refractivity contribution >= 4 is 6.29 Å². The van der Waals surface area contributed by atoms with Gasteiger partial charge in [0, 0.05) is 5.27 Å². The van der Waals surface area contributed by atoms with Crippen LogP contribution < -0.4 is 0 Å². The average Bonchev–Trinajstić information content (AvgIpc) is 2.14. The first kappa shape index (κ1) is 3.98. The van der Waals surface area contributed by atoms with E-state index < -0.39 is 0 Å². The van der Waals surface area contributed by atoms with Gasteiger partial charge in [0.25, 0.3) is 0 Å². The smallest absolute Gasteiger partial charge is 0.173 e. The molecule has 0 saturated heterocycles. The van der Waals surface area contributed by atoms with Crippen LogP contribution in [0.15, 0.2) is 10.8 Å². The van der Waals surface area contributed by atoms with Crippen LogP contribution in [0.1, 0.15) is 10.5 Å². The zero-order valence-electron chi connectivity index (χ0n) is 3.37. The SMILES string of the molecule is O=Cc1conn1. The minimum absolute atomic E-state index is 0.222. The van der Waals surface area contributed by atoms with Crippen LogP contribution >= 0.6 is 0 Å². The van der Waals surface area contributed by atoms with Gasteiger partial charge in [-0.3, -0.25) is 4.79 Å². The number of rotatable bonds is 1. The maximum absolute atomic E-state index is 9.71. The van der Waals surface area contributed by atoms with Crippen molar-refractivity contribution in [3.05, 3.63) is 12.0 Å². The van der Waals surface area contributed by atoms with Crippen LogP contribution in [0, 0.1) is 0 Å². The fourth-order valence-corrected chi connectivity index (χ4v) is 0.223. The molecule has 0 aromatic carbocycles. The fourth-order valence-electron chi connectivity index (χ4n) is 0.223. The summed E-state index contributed by atoms with van der Waals surface area (Å²) in [5, 5.41) is 6.29. The summed E-state index contributed by atoms with van der Waals surface area (Å²) in [4.78, 5) is 9.71. The molecule has 0 unspecified atom stereocenters. The normalized spacial score (nSPS) is 8.57. The topological polar surface area (TPSA) is 56.0 Å². The minimum Gasteiger partial charge on any atom is -0.345 e. The molecule has 0 saturated carbocycles. The summed E-state index contributed by atoms with van der Waals surface area (Å²) >= 11 is 0. The Bertz CT molecular complexity index is 146. The summed E-state index contributed by atoms with van der Waals surface area (Å²) in [6, 6.07) is 0. The number of aldehydes is 1. The summed E-state index contributed by atoms with van der Waals surface area (Å²) in [5.41, 5.74) is 0.222. The molecule has 0 aliphatic rings. The Hall–Kier alpha value is -1.19. The Morgan fingerprint density at radius 2 is 2.71 bits per heavy atom. The standard InChI is InChI=1S/C3H2N2O2/c6-1-3-2-7-5-4-3/h1-2H. The zero-order valence-corrected chi connectivity index (χ0v) is 3.37. The second-order valence-electron chi connectivity index (χ2n) is 0.948. The van der Waals surface area contributed by atoms with Crippen molar-refractivity contribution in [1.29, 1.82) is 0 Å². The Morgan fingerprint density at radius 1 is 1.86 bits per heavy atom. The van der Waals surface area contributed by atoms with Crippen molar-refractivity contribution in [1.82, 2.24) is 10.4 Å². The van der Waals surface area contributed by atoms with Crippen molar-refractivity contribution in [2.75, 3.05) is 0 Å². The van der Waals surface area contributed by atoms with E-state index in [-0.39, 0.29) is 5.69 Å². The molecular weight excluding hydrogens is 96.0 g/mol. The lowest BCUT2D eigenvalue weighted by atomic mass is 10.6.